The van der Waals surface area contributed by atoms with Crippen LogP contribution in [0.1, 0.15) is 35.2 Å². The van der Waals surface area contributed by atoms with E-state index in [4.69, 9.17) is 5.73 Å². The van der Waals surface area contributed by atoms with Gasteiger partial charge in [-0.1, -0.05) is 0 Å². The first-order valence-electron chi connectivity index (χ1n) is 8.73. The Morgan fingerprint density at radius 1 is 1.04 bits per heavy atom. The van der Waals surface area contributed by atoms with E-state index >= 15 is 0 Å². The van der Waals surface area contributed by atoms with Gasteiger partial charge in [-0.2, -0.15) is 0 Å². The second-order valence-corrected chi connectivity index (χ2v) is 6.55. The number of carbonyl (C=O) groups is 1. The maximum absolute atomic E-state index is 14.1. The van der Waals surface area contributed by atoms with Gasteiger partial charge in [0.2, 0.25) is 0 Å². The van der Waals surface area contributed by atoms with Crippen LogP contribution in [0.5, 0.6) is 0 Å². The molecule has 132 valence electrons. The second kappa shape index (κ2) is 6.71. The average molecular weight is 350 g/mol. The molecule has 0 spiro atoms. The Morgan fingerprint density at radius 3 is 2.62 bits per heavy atom. The summed E-state index contributed by atoms with van der Waals surface area (Å²) < 4.78 is 14.1. The molecule has 5 nitrogen and oxygen atoms in total. The molecule has 0 radical (unpaired) electrons. The highest BCUT2D eigenvalue weighted by molar-refractivity contribution is 6.10. The quantitative estimate of drug-likeness (QED) is 0.577. The molecule has 0 amide bonds. The van der Waals surface area contributed by atoms with Crippen LogP contribution in [0, 0.1) is 5.82 Å². The zero-order valence-electron chi connectivity index (χ0n) is 14.3. The number of piperidine rings is 1. The van der Waals surface area contributed by atoms with Crippen molar-refractivity contribution < 1.29 is 9.18 Å². The highest BCUT2D eigenvalue weighted by atomic mass is 19.1. The van der Waals surface area contributed by atoms with Gasteiger partial charge in [0.25, 0.3) is 0 Å². The number of nitrogen functional groups attached to an aromatic ring is 1. The van der Waals surface area contributed by atoms with E-state index in [0.29, 0.717) is 16.6 Å². The molecule has 1 saturated heterocycles. The summed E-state index contributed by atoms with van der Waals surface area (Å²) in [6, 6.07) is 9.15. The fourth-order valence-electron chi connectivity index (χ4n) is 3.29. The maximum atomic E-state index is 14.1. The molecule has 1 aliphatic rings. The van der Waals surface area contributed by atoms with Gasteiger partial charge < -0.3 is 10.6 Å². The van der Waals surface area contributed by atoms with Crippen molar-refractivity contribution in [3.8, 4) is 0 Å². The minimum Gasteiger partial charge on any atom is -0.399 e. The van der Waals surface area contributed by atoms with Gasteiger partial charge in [-0.15, -0.1) is 0 Å². The van der Waals surface area contributed by atoms with Crippen molar-refractivity contribution in [3.63, 3.8) is 0 Å². The predicted molar refractivity (Wildman–Crippen MR) is 99.8 cm³/mol. The summed E-state index contributed by atoms with van der Waals surface area (Å²) in [4.78, 5) is 24.0. The third-order valence-electron chi connectivity index (χ3n) is 4.71. The second-order valence-electron chi connectivity index (χ2n) is 6.55. The topological polar surface area (TPSA) is 72.1 Å². The Bertz CT molecular complexity index is 983. The molecular weight excluding hydrogens is 331 g/mol. The normalized spacial score (nSPS) is 14.6. The number of nitrogens with two attached hydrogens (primary N) is 1. The number of halogens is 1. The van der Waals surface area contributed by atoms with Crippen LogP contribution < -0.4 is 10.6 Å². The van der Waals surface area contributed by atoms with Gasteiger partial charge in [0.05, 0.1) is 22.8 Å². The van der Waals surface area contributed by atoms with E-state index in [1.165, 1.54) is 18.6 Å². The molecule has 2 aromatic carbocycles. The Kier molecular flexibility index (Phi) is 4.24. The van der Waals surface area contributed by atoms with Gasteiger partial charge in [-0.05, 0) is 55.7 Å². The van der Waals surface area contributed by atoms with Crippen LogP contribution in [-0.2, 0) is 0 Å². The molecule has 26 heavy (non-hydrogen) atoms. The van der Waals surface area contributed by atoms with Gasteiger partial charge in [0.15, 0.2) is 5.78 Å². The van der Waals surface area contributed by atoms with Crippen LogP contribution in [0.2, 0.25) is 0 Å². The molecule has 0 atom stereocenters. The molecule has 3 aromatic rings. The summed E-state index contributed by atoms with van der Waals surface area (Å²) in [5, 5.41) is 0. The third kappa shape index (κ3) is 3.10. The summed E-state index contributed by atoms with van der Waals surface area (Å²) in [6.45, 7) is 1.94. The number of hydrogen-bond donors (Lipinski definition) is 1. The highest BCUT2D eigenvalue weighted by Gasteiger charge is 2.17. The van der Waals surface area contributed by atoms with Crippen LogP contribution >= 0.6 is 0 Å². The van der Waals surface area contributed by atoms with Crippen molar-refractivity contribution >= 4 is 28.3 Å². The fourth-order valence-corrected chi connectivity index (χ4v) is 3.29. The van der Waals surface area contributed by atoms with E-state index < -0.39 is 11.6 Å². The minimum absolute atomic E-state index is 0.00121. The number of nitrogens with zero attached hydrogens (tertiary/aromatic N) is 3. The van der Waals surface area contributed by atoms with Crippen molar-refractivity contribution in [3.05, 3.63) is 59.5 Å². The Balaban J connectivity index is 1.70. The van der Waals surface area contributed by atoms with Crippen molar-refractivity contribution in [2.45, 2.75) is 19.3 Å². The summed E-state index contributed by atoms with van der Waals surface area (Å²) in [6.07, 6.45) is 5.31. The van der Waals surface area contributed by atoms with Gasteiger partial charge in [-0.25, -0.2) is 9.37 Å². The third-order valence-corrected chi connectivity index (χ3v) is 4.71. The van der Waals surface area contributed by atoms with E-state index in [-0.39, 0.29) is 11.3 Å². The summed E-state index contributed by atoms with van der Waals surface area (Å²) in [5.41, 5.74) is 7.56. The van der Waals surface area contributed by atoms with Crippen LogP contribution in [0.3, 0.4) is 0 Å². The Morgan fingerprint density at radius 2 is 1.85 bits per heavy atom. The number of hydrogen-bond acceptors (Lipinski definition) is 5. The molecular formula is C20H19FN4O. The van der Waals surface area contributed by atoms with Gasteiger partial charge in [-0.3, -0.25) is 9.78 Å². The summed E-state index contributed by atoms with van der Waals surface area (Å²) >= 11 is 0. The molecule has 1 fully saturated rings. The number of carbonyl (C=O) groups excluding carboxylic acids is 1. The largest absolute Gasteiger partial charge is 0.399 e. The lowest BCUT2D eigenvalue weighted by molar-refractivity contribution is 0.103. The van der Waals surface area contributed by atoms with Gasteiger partial charge in [0.1, 0.15) is 11.6 Å². The monoisotopic (exact) mass is 350 g/mol. The van der Waals surface area contributed by atoms with E-state index in [0.717, 1.165) is 37.8 Å². The molecule has 0 saturated carbocycles. The molecule has 1 aliphatic heterocycles. The van der Waals surface area contributed by atoms with Crippen LogP contribution in [0.25, 0.3) is 11.0 Å². The Labute approximate surface area is 150 Å². The molecule has 4 rings (SSSR count). The van der Waals surface area contributed by atoms with Crippen molar-refractivity contribution in [1.82, 2.24) is 9.97 Å². The lowest BCUT2D eigenvalue weighted by Gasteiger charge is -2.27. The van der Waals surface area contributed by atoms with E-state index in [2.05, 4.69) is 14.9 Å². The van der Waals surface area contributed by atoms with Gasteiger partial charge in [0, 0.05) is 24.3 Å². The van der Waals surface area contributed by atoms with Gasteiger partial charge >= 0.3 is 0 Å². The van der Waals surface area contributed by atoms with E-state index in [9.17, 15) is 9.18 Å². The zero-order chi connectivity index (χ0) is 18.1. The zero-order valence-corrected chi connectivity index (χ0v) is 14.3. The molecule has 2 heterocycles. The number of rotatable bonds is 3. The minimum atomic E-state index is -0.622. The lowest BCUT2D eigenvalue weighted by atomic mass is 10.0. The summed E-state index contributed by atoms with van der Waals surface area (Å²) in [7, 11) is 0. The SMILES string of the molecule is Nc1ccc(C(=O)c2ccc3ncc(N4CCCCC4)nc3c2)c(F)c1. The first-order chi connectivity index (χ1) is 12.6. The lowest BCUT2D eigenvalue weighted by Crippen LogP contribution is -2.30. The fraction of sp³-hybridized carbons (Fsp3) is 0.250. The van der Waals surface area contributed by atoms with Crippen molar-refractivity contribution in [2.75, 3.05) is 23.7 Å². The van der Waals surface area contributed by atoms with Crippen molar-refractivity contribution in [2.24, 2.45) is 0 Å². The van der Waals surface area contributed by atoms with E-state index in [1.54, 1.807) is 24.4 Å². The number of aromatic nitrogens is 2. The van der Waals surface area contributed by atoms with Crippen LogP contribution in [-0.4, -0.2) is 28.8 Å². The van der Waals surface area contributed by atoms with Crippen LogP contribution in [0.4, 0.5) is 15.9 Å². The van der Waals surface area contributed by atoms with Crippen molar-refractivity contribution in [1.29, 1.82) is 0 Å². The van der Waals surface area contributed by atoms with E-state index in [1.807, 2.05) is 0 Å². The number of ketones is 1. The molecule has 2 N–H and O–H groups in total. The first kappa shape index (κ1) is 16.4. The molecule has 0 unspecified atom stereocenters. The maximum Gasteiger partial charge on any atom is 0.196 e. The molecule has 0 aliphatic carbocycles. The van der Waals surface area contributed by atoms with Crippen LogP contribution in [0.15, 0.2) is 42.6 Å². The highest BCUT2D eigenvalue weighted by Crippen LogP contribution is 2.22. The smallest absolute Gasteiger partial charge is 0.196 e. The molecule has 6 heteroatoms. The Hall–Kier alpha value is -3.02. The number of anilines is 2. The molecule has 1 aromatic heterocycles. The number of fused-ring (bicyclic) bond motifs is 1. The predicted octanol–water partition coefficient (Wildman–Crippen LogP) is 3.57. The number of benzene rings is 2. The standard InChI is InChI=1S/C20H19FN4O/c21-16-11-14(22)5-6-15(16)20(26)13-4-7-17-18(10-13)24-19(12-23-17)25-8-2-1-3-9-25/h4-7,10-12H,1-3,8-9,22H2. The molecule has 0 bridgehead atoms. The average Bonchev–Trinajstić information content (AvgIpc) is 2.67. The first-order valence-corrected chi connectivity index (χ1v) is 8.73. The summed E-state index contributed by atoms with van der Waals surface area (Å²) in [5.74, 6) is -0.196.